The summed E-state index contributed by atoms with van der Waals surface area (Å²) in [6.45, 7) is 9.46. The lowest BCUT2D eigenvalue weighted by atomic mass is 9.69. The molecule has 0 saturated heterocycles. The summed E-state index contributed by atoms with van der Waals surface area (Å²) < 4.78 is 1.72. The second kappa shape index (κ2) is 6.37. The molecule has 0 aliphatic heterocycles. The molecule has 144 valence electrons. The minimum atomic E-state index is -0.0913. The number of amides is 1. The highest BCUT2D eigenvalue weighted by atomic mass is 35.5. The van der Waals surface area contributed by atoms with Gasteiger partial charge >= 0.3 is 0 Å². The first-order valence-corrected chi connectivity index (χ1v) is 10.2. The van der Waals surface area contributed by atoms with Gasteiger partial charge in [-0.2, -0.15) is 5.10 Å². The fourth-order valence-corrected chi connectivity index (χ4v) is 5.64. The van der Waals surface area contributed by atoms with Gasteiger partial charge in [0.1, 0.15) is 5.15 Å². The van der Waals surface area contributed by atoms with E-state index < -0.39 is 0 Å². The molecule has 0 unspecified atom stereocenters. The van der Waals surface area contributed by atoms with Gasteiger partial charge in [-0.05, 0) is 48.5 Å². The number of halogens is 1. The Balaban J connectivity index is 1.55. The van der Waals surface area contributed by atoms with Crippen molar-refractivity contribution in [2.24, 2.45) is 16.7 Å². The van der Waals surface area contributed by atoms with Crippen molar-refractivity contribution in [3.63, 3.8) is 0 Å². The van der Waals surface area contributed by atoms with Crippen molar-refractivity contribution in [2.45, 2.75) is 59.5 Å². The maximum atomic E-state index is 13.1. The third-order valence-electron chi connectivity index (χ3n) is 7.57. The monoisotopic (exact) mass is 385 g/mol. The van der Waals surface area contributed by atoms with E-state index in [1.165, 1.54) is 12.8 Å². The van der Waals surface area contributed by atoms with Gasteiger partial charge in [0.25, 0.3) is 5.91 Å². The highest BCUT2D eigenvalue weighted by Gasteiger charge is 2.61. The number of hydrogen-bond donors (Lipinski definition) is 1. The van der Waals surface area contributed by atoms with Crippen LogP contribution in [0.5, 0.6) is 0 Å². The highest BCUT2D eigenvalue weighted by molar-refractivity contribution is 6.33. The standard InChI is InChI=1S/C22H28ClN3O/c1-14-18(19(23)26(25-14)13-15-8-6-5-7-9-15)20(27)24-17-12-16-10-11-22(17,4)21(16,2)3/h5-9,16-17H,10-13H2,1-4H3,(H,24,27)/t16-,17-,22+/m0/s1. The van der Waals surface area contributed by atoms with Gasteiger partial charge in [-0.25, -0.2) is 4.68 Å². The van der Waals surface area contributed by atoms with E-state index in [-0.39, 0.29) is 22.8 Å². The Morgan fingerprint density at radius 1 is 1.30 bits per heavy atom. The van der Waals surface area contributed by atoms with E-state index in [1.54, 1.807) is 4.68 Å². The van der Waals surface area contributed by atoms with Crippen LogP contribution in [0.1, 0.15) is 61.6 Å². The van der Waals surface area contributed by atoms with Gasteiger partial charge in [-0.3, -0.25) is 4.79 Å². The van der Waals surface area contributed by atoms with E-state index in [1.807, 2.05) is 37.3 Å². The third-order valence-corrected chi connectivity index (χ3v) is 7.95. The number of carbonyl (C=O) groups is 1. The zero-order valence-corrected chi connectivity index (χ0v) is 17.3. The van der Waals surface area contributed by atoms with Crippen molar-refractivity contribution in [1.29, 1.82) is 0 Å². The fraction of sp³-hybridized carbons (Fsp3) is 0.545. The largest absolute Gasteiger partial charge is 0.349 e. The molecule has 2 saturated carbocycles. The van der Waals surface area contributed by atoms with Gasteiger partial charge in [-0.1, -0.05) is 62.7 Å². The molecule has 2 aliphatic carbocycles. The van der Waals surface area contributed by atoms with Crippen molar-refractivity contribution in [2.75, 3.05) is 0 Å². The quantitative estimate of drug-likeness (QED) is 0.818. The molecule has 27 heavy (non-hydrogen) atoms. The van der Waals surface area contributed by atoms with Crippen molar-refractivity contribution < 1.29 is 4.79 Å². The highest BCUT2D eigenvalue weighted by Crippen LogP contribution is 2.65. The number of rotatable bonds is 4. The van der Waals surface area contributed by atoms with Crippen LogP contribution in [0.2, 0.25) is 5.15 Å². The van der Waals surface area contributed by atoms with E-state index in [0.29, 0.717) is 28.9 Å². The average molecular weight is 386 g/mol. The first-order valence-electron chi connectivity index (χ1n) is 9.82. The number of nitrogens with zero attached hydrogens (tertiary/aromatic N) is 2. The summed E-state index contributed by atoms with van der Waals surface area (Å²) in [5.41, 5.74) is 2.71. The Hall–Kier alpha value is -1.81. The summed E-state index contributed by atoms with van der Waals surface area (Å²) in [6, 6.07) is 10.2. The van der Waals surface area contributed by atoms with Crippen molar-refractivity contribution in [3.8, 4) is 0 Å². The van der Waals surface area contributed by atoms with Crippen molar-refractivity contribution in [1.82, 2.24) is 15.1 Å². The Morgan fingerprint density at radius 3 is 2.59 bits per heavy atom. The minimum Gasteiger partial charge on any atom is -0.349 e. The van der Waals surface area contributed by atoms with E-state index >= 15 is 0 Å². The number of aromatic nitrogens is 2. The lowest BCUT2D eigenvalue weighted by Gasteiger charge is -2.39. The van der Waals surface area contributed by atoms with Crippen LogP contribution in [0.25, 0.3) is 0 Å². The van der Waals surface area contributed by atoms with Gasteiger partial charge in [-0.15, -0.1) is 0 Å². The van der Waals surface area contributed by atoms with E-state index in [9.17, 15) is 4.79 Å². The zero-order chi connectivity index (χ0) is 19.4. The molecule has 5 heteroatoms. The maximum Gasteiger partial charge on any atom is 0.256 e. The van der Waals surface area contributed by atoms with Crippen LogP contribution in [0.4, 0.5) is 0 Å². The topological polar surface area (TPSA) is 46.9 Å². The van der Waals surface area contributed by atoms with Crippen LogP contribution in [-0.2, 0) is 6.54 Å². The van der Waals surface area contributed by atoms with E-state index in [0.717, 1.165) is 12.0 Å². The van der Waals surface area contributed by atoms with Crippen LogP contribution in [0, 0.1) is 23.7 Å². The first-order chi connectivity index (χ1) is 12.7. The van der Waals surface area contributed by atoms with Crippen molar-refractivity contribution in [3.05, 3.63) is 52.3 Å². The van der Waals surface area contributed by atoms with Crippen LogP contribution in [0.15, 0.2) is 30.3 Å². The van der Waals surface area contributed by atoms with Crippen LogP contribution in [0.3, 0.4) is 0 Å². The number of nitrogens with one attached hydrogen (secondary N) is 1. The first kappa shape index (κ1) is 18.5. The Bertz CT molecular complexity index is 873. The smallest absolute Gasteiger partial charge is 0.256 e. The molecule has 0 spiro atoms. The molecule has 2 bridgehead atoms. The molecule has 1 amide bonds. The zero-order valence-electron chi connectivity index (χ0n) is 16.6. The molecule has 3 atom stereocenters. The molecule has 2 fully saturated rings. The lowest BCUT2D eigenvalue weighted by Crippen LogP contribution is -2.47. The van der Waals surface area contributed by atoms with Crippen LogP contribution < -0.4 is 5.32 Å². The number of benzene rings is 1. The molecule has 4 rings (SSSR count). The molecule has 2 aromatic rings. The normalized spacial score (nSPS) is 28.5. The van der Waals surface area contributed by atoms with Crippen molar-refractivity contribution >= 4 is 17.5 Å². The summed E-state index contributed by atoms with van der Waals surface area (Å²) in [7, 11) is 0. The molecule has 4 nitrogen and oxygen atoms in total. The number of fused-ring (bicyclic) bond motifs is 2. The molecule has 0 radical (unpaired) electrons. The predicted molar refractivity (Wildman–Crippen MR) is 108 cm³/mol. The van der Waals surface area contributed by atoms with Crippen LogP contribution >= 0.6 is 11.6 Å². The Labute approximate surface area is 166 Å². The molecule has 2 aliphatic rings. The van der Waals surface area contributed by atoms with Gasteiger partial charge in [0, 0.05) is 6.04 Å². The second-order valence-corrected chi connectivity index (χ2v) is 9.39. The number of carbonyl (C=O) groups excluding carboxylic acids is 1. The van der Waals surface area contributed by atoms with Gasteiger partial charge < -0.3 is 5.32 Å². The summed E-state index contributed by atoms with van der Waals surface area (Å²) in [4.78, 5) is 13.1. The van der Waals surface area contributed by atoms with Gasteiger partial charge in [0.05, 0.1) is 17.8 Å². The summed E-state index contributed by atoms with van der Waals surface area (Å²) in [5.74, 6) is 0.594. The van der Waals surface area contributed by atoms with Gasteiger partial charge in [0.2, 0.25) is 0 Å². The number of hydrogen-bond acceptors (Lipinski definition) is 2. The minimum absolute atomic E-state index is 0.0913. The fourth-order valence-electron chi connectivity index (χ4n) is 5.32. The SMILES string of the molecule is Cc1nn(Cc2ccccc2)c(Cl)c1C(=O)N[C@H]1C[C@@H]2CC[C@@]1(C)C2(C)C. The third kappa shape index (κ3) is 2.80. The predicted octanol–water partition coefficient (Wildman–Crippen LogP) is 4.84. The van der Waals surface area contributed by atoms with Gasteiger partial charge in [0.15, 0.2) is 0 Å². The van der Waals surface area contributed by atoms with E-state index in [2.05, 4.69) is 31.2 Å². The number of aryl methyl sites for hydroxylation is 1. The maximum absolute atomic E-state index is 13.1. The molecule has 1 aromatic heterocycles. The Kier molecular flexibility index (Phi) is 4.38. The molecule has 1 heterocycles. The summed E-state index contributed by atoms with van der Waals surface area (Å²) >= 11 is 6.57. The molecule has 1 aromatic carbocycles. The second-order valence-electron chi connectivity index (χ2n) is 9.03. The van der Waals surface area contributed by atoms with E-state index in [4.69, 9.17) is 11.6 Å². The van der Waals surface area contributed by atoms with Crippen LogP contribution in [-0.4, -0.2) is 21.7 Å². The Morgan fingerprint density at radius 2 is 2.00 bits per heavy atom. The molecular weight excluding hydrogens is 358 g/mol. The summed E-state index contributed by atoms with van der Waals surface area (Å²) in [5, 5.41) is 8.24. The lowest BCUT2D eigenvalue weighted by molar-refractivity contribution is 0.0825. The molecule has 1 N–H and O–H groups in total. The summed E-state index contributed by atoms with van der Waals surface area (Å²) in [6.07, 6.45) is 3.50. The molecular formula is C22H28ClN3O. The average Bonchev–Trinajstić information content (AvgIpc) is 3.09.